The van der Waals surface area contributed by atoms with Crippen LogP contribution < -0.4 is 15.4 Å². The van der Waals surface area contributed by atoms with E-state index in [1.165, 1.54) is 0 Å². The molecule has 0 atom stereocenters. The van der Waals surface area contributed by atoms with Crippen molar-refractivity contribution in [2.45, 2.75) is 52.9 Å². The van der Waals surface area contributed by atoms with Crippen LogP contribution in [0.15, 0.2) is 33.8 Å². The molecule has 0 aliphatic carbocycles. The molecule has 0 spiro atoms. The lowest BCUT2D eigenvalue weighted by atomic mass is 10.1. The molecule has 1 heterocycles. The minimum atomic E-state index is -4.40. The van der Waals surface area contributed by atoms with Crippen LogP contribution in [0, 0.1) is 6.92 Å². The molecular weight excluding hydrogens is 385 g/mol. The summed E-state index contributed by atoms with van der Waals surface area (Å²) in [4.78, 5) is 4.45. The third kappa shape index (κ3) is 7.67. The van der Waals surface area contributed by atoms with Gasteiger partial charge < -0.3 is 19.9 Å². The first kappa shape index (κ1) is 22.6. The van der Waals surface area contributed by atoms with Crippen LogP contribution in [0.1, 0.15) is 49.3 Å². The van der Waals surface area contributed by atoms with E-state index in [4.69, 9.17) is 9.26 Å². The third-order valence-corrected chi connectivity index (χ3v) is 3.96. The monoisotopic (exact) mass is 412 g/mol. The average Bonchev–Trinajstić information content (AvgIpc) is 3.12. The topological polar surface area (TPSA) is 71.7 Å². The van der Waals surface area contributed by atoms with Crippen molar-refractivity contribution in [2.24, 2.45) is 4.99 Å². The zero-order chi connectivity index (χ0) is 21.4. The zero-order valence-corrected chi connectivity index (χ0v) is 17.1. The molecule has 0 fully saturated rings. The van der Waals surface area contributed by atoms with Crippen molar-refractivity contribution in [1.29, 1.82) is 0 Å². The van der Waals surface area contributed by atoms with E-state index in [0.717, 1.165) is 11.3 Å². The lowest BCUT2D eigenvalue weighted by Crippen LogP contribution is -2.36. The van der Waals surface area contributed by atoms with Gasteiger partial charge in [0.2, 0.25) is 0 Å². The van der Waals surface area contributed by atoms with Gasteiger partial charge in [0.25, 0.3) is 0 Å². The number of ether oxygens (including phenoxy) is 1. The molecule has 0 saturated heterocycles. The van der Waals surface area contributed by atoms with Crippen LogP contribution in [0.4, 0.5) is 13.2 Å². The van der Waals surface area contributed by atoms with E-state index in [2.05, 4.69) is 20.8 Å². The van der Waals surface area contributed by atoms with Gasteiger partial charge in [-0.25, -0.2) is 4.99 Å². The first-order valence-electron chi connectivity index (χ1n) is 9.44. The summed E-state index contributed by atoms with van der Waals surface area (Å²) >= 11 is 0. The van der Waals surface area contributed by atoms with Gasteiger partial charge in [0, 0.05) is 18.2 Å². The fraction of sp³-hybridized carbons (Fsp3) is 0.500. The standard InChI is InChI=1S/C20H27F3N4O2/c1-5-24-19(26-11-16-9-17(13(2)3)27-29-16)25-10-15-7-6-14(4)8-18(15)28-12-20(21,22)23/h6-9,13H,5,10-12H2,1-4H3,(H2,24,25,26). The largest absolute Gasteiger partial charge is 0.484 e. The number of hydrogen-bond acceptors (Lipinski definition) is 4. The molecule has 160 valence electrons. The van der Waals surface area contributed by atoms with Crippen LogP contribution >= 0.6 is 0 Å². The molecule has 0 aliphatic heterocycles. The number of aromatic nitrogens is 1. The molecule has 2 rings (SSSR count). The number of aryl methyl sites for hydroxylation is 1. The van der Waals surface area contributed by atoms with Gasteiger partial charge in [-0.05, 0) is 31.4 Å². The second-order valence-corrected chi connectivity index (χ2v) is 6.94. The minimum Gasteiger partial charge on any atom is -0.484 e. The van der Waals surface area contributed by atoms with Crippen LogP contribution in [0.3, 0.4) is 0 Å². The van der Waals surface area contributed by atoms with Gasteiger partial charge in [0.1, 0.15) is 5.75 Å². The Morgan fingerprint density at radius 1 is 1.24 bits per heavy atom. The van der Waals surface area contributed by atoms with Gasteiger partial charge in [-0.15, -0.1) is 0 Å². The quantitative estimate of drug-likeness (QED) is 0.500. The summed E-state index contributed by atoms with van der Waals surface area (Å²) in [6, 6.07) is 7.00. The Morgan fingerprint density at radius 2 is 2.00 bits per heavy atom. The van der Waals surface area contributed by atoms with Crippen molar-refractivity contribution >= 4 is 5.96 Å². The van der Waals surface area contributed by atoms with Crippen LogP contribution in [-0.4, -0.2) is 30.4 Å². The van der Waals surface area contributed by atoms with E-state index in [-0.39, 0.29) is 18.2 Å². The number of guanidine groups is 1. The number of alkyl halides is 3. The van der Waals surface area contributed by atoms with Gasteiger partial charge in [-0.1, -0.05) is 31.1 Å². The first-order chi connectivity index (χ1) is 13.7. The number of rotatable bonds is 8. The maximum Gasteiger partial charge on any atom is 0.422 e. The molecule has 0 bridgehead atoms. The van der Waals surface area contributed by atoms with E-state index in [0.29, 0.717) is 30.4 Å². The van der Waals surface area contributed by atoms with Gasteiger partial charge in [0.05, 0.1) is 18.8 Å². The molecule has 0 radical (unpaired) electrons. The third-order valence-electron chi connectivity index (χ3n) is 3.96. The van der Waals surface area contributed by atoms with Crippen molar-refractivity contribution in [3.63, 3.8) is 0 Å². The molecule has 29 heavy (non-hydrogen) atoms. The molecule has 0 aliphatic rings. The highest BCUT2D eigenvalue weighted by atomic mass is 19.4. The Labute approximate surface area is 168 Å². The first-order valence-corrected chi connectivity index (χ1v) is 9.44. The van der Waals surface area contributed by atoms with E-state index >= 15 is 0 Å². The Morgan fingerprint density at radius 3 is 2.62 bits per heavy atom. The number of hydrogen-bond donors (Lipinski definition) is 2. The summed E-state index contributed by atoms with van der Waals surface area (Å²) in [6.45, 7) is 7.61. The molecule has 1 aromatic heterocycles. The highest BCUT2D eigenvalue weighted by Crippen LogP contribution is 2.24. The lowest BCUT2D eigenvalue weighted by Gasteiger charge is -2.14. The molecule has 0 unspecified atom stereocenters. The van der Waals surface area contributed by atoms with Crippen molar-refractivity contribution in [2.75, 3.05) is 13.2 Å². The summed E-state index contributed by atoms with van der Waals surface area (Å²) in [6.07, 6.45) is -4.40. The summed E-state index contributed by atoms with van der Waals surface area (Å²) in [7, 11) is 0. The van der Waals surface area contributed by atoms with Crippen molar-refractivity contribution in [3.8, 4) is 5.75 Å². The van der Waals surface area contributed by atoms with Crippen LogP contribution in [0.2, 0.25) is 0 Å². The number of aliphatic imine (C=N–C) groups is 1. The lowest BCUT2D eigenvalue weighted by molar-refractivity contribution is -0.153. The van der Waals surface area contributed by atoms with Gasteiger partial charge in [0.15, 0.2) is 18.3 Å². The zero-order valence-electron chi connectivity index (χ0n) is 17.1. The number of benzene rings is 1. The van der Waals surface area contributed by atoms with E-state index < -0.39 is 12.8 Å². The van der Waals surface area contributed by atoms with Crippen molar-refractivity contribution in [3.05, 3.63) is 46.8 Å². The maximum absolute atomic E-state index is 12.5. The minimum absolute atomic E-state index is 0.163. The number of halogens is 3. The second kappa shape index (κ2) is 10.2. The molecule has 9 heteroatoms. The maximum atomic E-state index is 12.5. The Hall–Kier alpha value is -2.71. The summed E-state index contributed by atoms with van der Waals surface area (Å²) in [5, 5.41) is 10.2. The normalized spacial score (nSPS) is 12.3. The van der Waals surface area contributed by atoms with Crippen molar-refractivity contribution in [1.82, 2.24) is 15.8 Å². The Balaban J connectivity index is 2.06. The Bertz CT molecular complexity index is 816. The van der Waals surface area contributed by atoms with Gasteiger partial charge in [-0.3, -0.25) is 0 Å². The molecular formula is C20H27F3N4O2. The highest BCUT2D eigenvalue weighted by molar-refractivity contribution is 5.79. The SMILES string of the molecule is CCNC(=NCc1ccc(C)cc1OCC(F)(F)F)NCc1cc(C(C)C)no1. The predicted molar refractivity (Wildman–Crippen MR) is 105 cm³/mol. The smallest absolute Gasteiger partial charge is 0.422 e. The van der Waals surface area contributed by atoms with E-state index in [9.17, 15) is 13.2 Å². The van der Waals surface area contributed by atoms with Crippen LogP contribution in [0.5, 0.6) is 5.75 Å². The van der Waals surface area contributed by atoms with Crippen molar-refractivity contribution < 1.29 is 22.4 Å². The van der Waals surface area contributed by atoms with E-state index in [1.54, 1.807) is 19.1 Å². The Kier molecular flexibility index (Phi) is 7.92. The molecule has 0 saturated carbocycles. The van der Waals surface area contributed by atoms with E-state index in [1.807, 2.05) is 32.9 Å². The summed E-state index contributed by atoms with van der Waals surface area (Å²) in [5.74, 6) is 1.63. The fourth-order valence-corrected chi connectivity index (χ4v) is 2.45. The van der Waals surface area contributed by atoms with Gasteiger partial charge >= 0.3 is 6.18 Å². The molecule has 1 aromatic carbocycles. The average molecular weight is 412 g/mol. The van der Waals surface area contributed by atoms with Crippen LogP contribution in [0.25, 0.3) is 0 Å². The summed E-state index contributed by atoms with van der Waals surface area (Å²) < 4.78 is 47.8. The second-order valence-electron chi connectivity index (χ2n) is 6.94. The van der Waals surface area contributed by atoms with Crippen LogP contribution in [-0.2, 0) is 13.1 Å². The molecule has 0 amide bonds. The fourth-order valence-electron chi connectivity index (χ4n) is 2.45. The predicted octanol–water partition coefficient (Wildman–Crippen LogP) is 4.30. The molecule has 2 N–H and O–H groups in total. The van der Waals surface area contributed by atoms with Gasteiger partial charge in [-0.2, -0.15) is 13.2 Å². The molecule has 6 nitrogen and oxygen atoms in total. The molecule has 2 aromatic rings. The highest BCUT2D eigenvalue weighted by Gasteiger charge is 2.28. The number of nitrogens with zero attached hydrogens (tertiary/aromatic N) is 2. The number of nitrogens with one attached hydrogen (secondary N) is 2. The summed E-state index contributed by atoms with van der Waals surface area (Å²) in [5.41, 5.74) is 2.25.